The molecule has 5 aliphatic rings. The fraction of sp³-hybridized carbons (Fsp3) is 1.00. The van der Waals surface area contributed by atoms with Crippen LogP contribution in [0.2, 0.25) is 14.5 Å². The van der Waals surface area contributed by atoms with Crippen molar-refractivity contribution >= 4 is 67.9 Å². The molecule has 2 nitrogen and oxygen atoms in total. The Labute approximate surface area is 152 Å². The zero-order valence-electron chi connectivity index (χ0n) is 12.3. The molecule has 5 saturated carbocycles. The average Bonchev–Trinajstić information content (AvgIpc) is 3.31. The normalized spacial score (nSPS) is 30.8. The minimum absolute atomic E-state index is 0.563. The molecule has 0 unspecified atom stereocenters. The van der Waals surface area contributed by atoms with Crippen LogP contribution in [-0.4, -0.2) is 74.7 Å². The quantitative estimate of drug-likeness (QED) is 0.360. The third-order valence-electron chi connectivity index (χ3n) is 5.16. The van der Waals surface area contributed by atoms with Gasteiger partial charge in [-0.2, -0.15) is 0 Å². The second kappa shape index (κ2) is 6.13. The van der Waals surface area contributed by atoms with E-state index in [4.69, 9.17) is 0 Å². The first-order valence-corrected chi connectivity index (χ1v) is 23.8. The van der Waals surface area contributed by atoms with Gasteiger partial charge in [-0.15, -0.1) is 0 Å². The van der Waals surface area contributed by atoms with Gasteiger partial charge in [-0.1, -0.05) is 0 Å². The molecule has 5 aliphatic carbocycles. The van der Waals surface area contributed by atoms with Gasteiger partial charge in [0.05, 0.1) is 0 Å². The van der Waals surface area contributed by atoms with E-state index in [1.54, 1.807) is 64.2 Å². The third-order valence-corrected chi connectivity index (χ3v) is 55.5. The first-order valence-electron chi connectivity index (χ1n) is 8.77. The summed E-state index contributed by atoms with van der Waals surface area (Å²) in [5, 5.41) is 0. The summed E-state index contributed by atoms with van der Waals surface area (Å²) >= 11 is -2.89. The number of nitrogens with one attached hydrogen (secondary N) is 1. The molecule has 0 saturated heterocycles. The summed E-state index contributed by atoms with van der Waals surface area (Å²) in [5.74, 6) is 0. The predicted octanol–water partition coefficient (Wildman–Crippen LogP) is 2.95. The first-order chi connectivity index (χ1) is 9.90. The van der Waals surface area contributed by atoms with Gasteiger partial charge in [0.25, 0.3) is 0 Å². The van der Waals surface area contributed by atoms with E-state index in [1.807, 2.05) is 0 Å². The van der Waals surface area contributed by atoms with E-state index in [9.17, 15) is 0 Å². The minimum atomic E-state index is -1.18. The van der Waals surface area contributed by atoms with Crippen LogP contribution in [-0.2, 0) is 0 Å². The van der Waals surface area contributed by atoms with Gasteiger partial charge in [-0.3, -0.25) is 0 Å². The number of hydrogen-bond acceptors (Lipinski definition) is 2. The molecule has 5 rings (SSSR count). The van der Waals surface area contributed by atoms with Crippen molar-refractivity contribution in [1.82, 2.24) is 1.99 Å². The molecule has 0 aromatic rings. The van der Waals surface area contributed by atoms with Crippen molar-refractivity contribution in [2.45, 2.75) is 84.8 Å². The number of nitrogens with zero attached hydrogens (tertiary/aromatic N) is 1. The first kappa shape index (κ1) is 14.9. The van der Waals surface area contributed by atoms with Crippen molar-refractivity contribution < 1.29 is 0 Å². The van der Waals surface area contributed by atoms with Crippen molar-refractivity contribution in [2.24, 2.45) is 0 Å². The van der Waals surface area contributed by atoms with E-state index in [0.717, 1.165) is 6.04 Å². The van der Waals surface area contributed by atoms with Crippen molar-refractivity contribution in [3.63, 3.8) is 0 Å². The monoisotopic (exact) mass is 862 g/mol. The molecule has 0 amide bonds. The standard InChI is InChI=1S/C3H5N.4C3H5.3Bi.HN.H/c4-3-1-2-3;4*1-2-3-1;;;;;/h3H,1-2H2;4*1H,2-3H2;;;;1H;. The Kier molecular flexibility index (Phi) is 4.56. The van der Waals surface area contributed by atoms with E-state index in [-0.39, 0.29) is 0 Å². The Morgan fingerprint density at radius 3 is 1.60 bits per heavy atom. The van der Waals surface area contributed by atoms with Crippen molar-refractivity contribution in [3.8, 4) is 0 Å². The molecule has 1 N–H and O–H groups in total. The molecular weight excluding hydrogens is 835 g/mol. The Hall–Kier alpha value is 2.57. The van der Waals surface area contributed by atoms with Crippen LogP contribution in [0.25, 0.3) is 0 Å². The van der Waals surface area contributed by atoms with E-state index in [2.05, 4.69) is 1.99 Å². The molecule has 0 aromatic heterocycles. The number of hydrogen-bond donors (Lipinski definition) is 1. The summed E-state index contributed by atoms with van der Waals surface area (Å²) in [7, 11) is 0. The molecule has 0 heterocycles. The van der Waals surface area contributed by atoms with E-state index in [1.165, 1.54) is 14.5 Å². The van der Waals surface area contributed by atoms with E-state index in [0.29, 0.717) is 0 Å². The fourth-order valence-electron chi connectivity index (χ4n) is 3.28. The van der Waals surface area contributed by atoms with Gasteiger partial charge in [-0.25, -0.2) is 0 Å². The summed E-state index contributed by atoms with van der Waals surface area (Å²) < 4.78 is 13.2. The molecule has 0 aliphatic heterocycles. The van der Waals surface area contributed by atoms with Gasteiger partial charge >= 0.3 is 155 Å². The van der Waals surface area contributed by atoms with Crippen LogP contribution in [0.3, 0.4) is 0 Å². The second-order valence-corrected chi connectivity index (χ2v) is 43.9. The molecule has 5 fully saturated rings. The number of rotatable bonds is 9. The summed E-state index contributed by atoms with van der Waals surface area (Å²) in [6.45, 7) is 0. The van der Waals surface area contributed by atoms with Gasteiger partial charge in [0.15, 0.2) is 0 Å². The van der Waals surface area contributed by atoms with Gasteiger partial charge < -0.3 is 0 Å². The molecular formula is C15H27Bi3N2. The Morgan fingerprint density at radius 1 is 0.700 bits per heavy atom. The van der Waals surface area contributed by atoms with Crippen molar-refractivity contribution in [1.29, 1.82) is 0 Å². The van der Waals surface area contributed by atoms with Crippen LogP contribution in [0, 0.1) is 0 Å². The van der Waals surface area contributed by atoms with Gasteiger partial charge in [0, 0.05) is 0 Å². The maximum absolute atomic E-state index is 4.49. The fourth-order valence-corrected chi connectivity index (χ4v) is 76.6. The topological polar surface area (TPSA) is 15.3 Å². The van der Waals surface area contributed by atoms with Gasteiger partial charge in [-0.05, 0) is 0 Å². The van der Waals surface area contributed by atoms with E-state index < -0.39 is 67.9 Å². The summed E-state index contributed by atoms with van der Waals surface area (Å²) in [6.07, 6.45) is 16.4. The molecule has 20 heavy (non-hydrogen) atoms. The van der Waals surface area contributed by atoms with Crippen molar-refractivity contribution in [2.75, 3.05) is 0 Å². The van der Waals surface area contributed by atoms with Crippen molar-refractivity contribution in [3.05, 3.63) is 0 Å². The van der Waals surface area contributed by atoms with Crippen LogP contribution in [0.1, 0.15) is 64.2 Å². The SMILES string of the molecule is C1CC1[N]([BiH][NH][Bi]([CH]1CC1)[CH]1CC1)[Bi]([CH]1CC1)[CH]1CC1. The average molecular weight is 862 g/mol. The molecule has 112 valence electrons. The van der Waals surface area contributed by atoms with Crippen LogP contribution in [0.5, 0.6) is 0 Å². The summed E-state index contributed by atoms with van der Waals surface area (Å²) in [4.78, 5) is 0. The van der Waals surface area contributed by atoms with E-state index >= 15 is 0 Å². The molecule has 0 aromatic carbocycles. The van der Waals surface area contributed by atoms with Crippen LogP contribution < -0.4 is 1.20 Å². The van der Waals surface area contributed by atoms with Gasteiger partial charge in [0.1, 0.15) is 0 Å². The molecule has 0 spiro atoms. The Bertz CT molecular complexity index is 349. The van der Waals surface area contributed by atoms with Crippen LogP contribution in [0.4, 0.5) is 0 Å². The maximum atomic E-state index is 4.49. The Balaban J connectivity index is 1.24. The summed E-state index contributed by atoms with van der Waals surface area (Å²) in [5.41, 5.74) is 0. The zero-order valence-corrected chi connectivity index (χ0v) is 23.1. The zero-order chi connectivity index (χ0) is 13.1. The third kappa shape index (κ3) is 3.63. The second-order valence-electron chi connectivity index (χ2n) is 7.51. The molecule has 0 bridgehead atoms. The van der Waals surface area contributed by atoms with Crippen LogP contribution >= 0.6 is 0 Å². The van der Waals surface area contributed by atoms with Gasteiger partial charge in [0.2, 0.25) is 0 Å². The Morgan fingerprint density at radius 2 is 1.20 bits per heavy atom. The summed E-state index contributed by atoms with van der Waals surface area (Å²) in [6, 6.07) is 1.16. The molecule has 0 atom stereocenters. The predicted molar refractivity (Wildman–Crippen MR) is 88.6 cm³/mol. The molecule has 0 radical (unpaired) electrons. The van der Waals surface area contributed by atoms with Crippen LogP contribution in [0.15, 0.2) is 0 Å². The molecule has 5 heteroatoms.